The molecule has 1 saturated carbocycles. The molecular weight excluding hydrogens is 244 g/mol. The normalized spacial score (nSPS) is 27.2. The third-order valence-corrected chi connectivity index (χ3v) is 5.13. The summed E-state index contributed by atoms with van der Waals surface area (Å²) in [6.07, 6.45) is 6.67. The summed E-state index contributed by atoms with van der Waals surface area (Å²) in [6.45, 7) is 7.13. The average molecular weight is 272 g/mol. The van der Waals surface area contributed by atoms with Gasteiger partial charge in [-0.25, -0.2) is 0 Å². The van der Waals surface area contributed by atoms with E-state index in [0.717, 1.165) is 18.5 Å². The Morgan fingerprint density at radius 1 is 1.10 bits per heavy atom. The molecule has 1 aliphatic carbocycles. The first-order chi connectivity index (χ1) is 9.86. The molecule has 0 spiro atoms. The van der Waals surface area contributed by atoms with Crippen LogP contribution in [0.4, 0.5) is 0 Å². The molecule has 2 unspecified atom stereocenters. The van der Waals surface area contributed by atoms with Gasteiger partial charge in [0.2, 0.25) is 0 Å². The molecule has 2 atom stereocenters. The zero-order chi connectivity index (χ0) is 13.8. The van der Waals surface area contributed by atoms with Gasteiger partial charge in [-0.05, 0) is 49.3 Å². The number of benzene rings is 1. The van der Waals surface area contributed by atoms with Crippen LogP contribution in [0.2, 0.25) is 0 Å². The molecule has 2 aliphatic rings. The molecule has 1 N–H and O–H groups in total. The molecule has 1 fully saturated rings. The summed E-state index contributed by atoms with van der Waals surface area (Å²) in [5.41, 5.74) is 3.15. The molecule has 0 radical (unpaired) electrons. The molecule has 0 saturated heterocycles. The van der Waals surface area contributed by atoms with Gasteiger partial charge < -0.3 is 10.2 Å². The zero-order valence-electron chi connectivity index (χ0n) is 12.8. The standard InChI is InChI=1S/C18H28N2/c1-2-19-18-9-5-8-17(18)14-20-12-10-15-6-3-4-7-16(15)11-13-20/h3-4,6-7,17-19H,2,5,8-14H2,1H3. The Kier molecular flexibility index (Phi) is 4.74. The molecule has 110 valence electrons. The lowest BCUT2D eigenvalue weighted by molar-refractivity contribution is 0.222. The monoisotopic (exact) mass is 272 g/mol. The highest BCUT2D eigenvalue weighted by Gasteiger charge is 2.28. The van der Waals surface area contributed by atoms with Crippen molar-refractivity contribution >= 4 is 0 Å². The summed E-state index contributed by atoms with van der Waals surface area (Å²) in [7, 11) is 0. The summed E-state index contributed by atoms with van der Waals surface area (Å²) in [6, 6.07) is 9.77. The Labute approximate surface area is 123 Å². The van der Waals surface area contributed by atoms with Crippen molar-refractivity contribution in [1.29, 1.82) is 0 Å². The summed E-state index contributed by atoms with van der Waals surface area (Å²) in [5.74, 6) is 0.871. The third kappa shape index (κ3) is 3.24. The molecule has 0 aromatic heterocycles. The van der Waals surface area contributed by atoms with Gasteiger partial charge in [0.05, 0.1) is 0 Å². The summed E-state index contributed by atoms with van der Waals surface area (Å²) < 4.78 is 0. The number of hydrogen-bond donors (Lipinski definition) is 1. The second-order valence-corrected chi connectivity index (χ2v) is 6.42. The fourth-order valence-corrected chi connectivity index (χ4v) is 4.01. The summed E-state index contributed by atoms with van der Waals surface area (Å²) in [4.78, 5) is 2.71. The first kappa shape index (κ1) is 14.1. The van der Waals surface area contributed by atoms with Gasteiger partial charge in [0.25, 0.3) is 0 Å². The molecule has 2 nitrogen and oxygen atoms in total. The maximum atomic E-state index is 3.69. The second-order valence-electron chi connectivity index (χ2n) is 6.42. The Bertz CT molecular complexity index is 402. The molecule has 3 rings (SSSR count). The maximum Gasteiger partial charge on any atom is 0.0107 e. The second kappa shape index (κ2) is 6.73. The van der Waals surface area contributed by atoms with Crippen LogP contribution in [0, 0.1) is 5.92 Å². The maximum absolute atomic E-state index is 3.69. The largest absolute Gasteiger partial charge is 0.314 e. The van der Waals surface area contributed by atoms with Crippen LogP contribution >= 0.6 is 0 Å². The number of nitrogens with one attached hydrogen (secondary N) is 1. The van der Waals surface area contributed by atoms with Crippen LogP contribution < -0.4 is 5.32 Å². The molecule has 1 heterocycles. The highest BCUT2D eigenvalue weighted by Crippen LogP contribution is 2.27. The van der Waals surface area contributed by atoms with Crippen molar-refractivity contribution in [3.05, 3.63) is 35.4 Å². The van der Waals surface area contributed by atoms with E-state index in [2.05, 4.69) is 41.4 Å². The van der Waals surface area contributed by atoms with Gasteiger partial charge >= 0.3 is 0 Å². The van der Waals surface area contributed by atoms with Crippen LogP contribution in [0.1, 0.15) is 37.3 Å². The van der Waals surface area contributed by atoms with Crippen molar-refractivity contribution in [2.24, 2.45) is 5.92 Å². The number of hydrogen-bond acceptors (Lipinski definition) is 2. The van der Waals surface area contributed by atoms with E-state index in [9.17, 15) is 0 Å². The Morgan fingerprint density at radius 2 is 1.80 bits per heavy atom. The van der Waals surface area contributed by atoms with Gasteiger partial charge in [-0.1, -0.05) is 37.6 Å². The number of rotatable bonds is 4. The van der Waals surface area contributed by atoms with Crippen molar-refractivity contribution in [3.8, 4) is 0 Å². The van der Waals surface area contributed by atoms with Gasteiger partial charge in [-0.15, -0.1) is 0 Å². The van der Waals surface area contributed by atoms with Crippen molar-refractivity contribution in [2.45, 2.75) is 45.1 Å². The van der Waals surface area contributed by atoms with Crippen LogP contribution in [0.25, 0.3) is 0 Å². The van der Waals surface area contributed by atoms with Gasteiger partial charge in [-0.3, -0.25) is 0 Å². The van der Waals surface area contributed by atoms with E-state index < -0.39 is 0 Å². The van der Waals surface area contributed by atoms with Gasteiger partial charge in [0, 0.05) is 25.7 Å². The highest BCUT2D eigenvalue weighted by atomic mass is 15.1. The number of fused-ring (bicyclic) bond motifs is 1. The minimum Gasteiger partial charge on any atom is -0.314 e. The predicted molar refractivity (Wildman–Crippen MR) is 85.1 cm³/mol. The van der Waals surface area contributed by atoms with Crippen LogP contribution in [0.15, 0.2) is 24.3 Å². The van der Waals surface area contributed by atoms with Crippen molar-refractivity contribution < 1.29 is 0 Å². The lowest BCUT2D eigenvalue weighted by Gasteiger charge is -2.28. The fraction of sp³-hybridized carbons (Fsp3) is 0.667. The van der Waals surface area contributed by atoms with E-state index in [0.29, 0.717) is 0 Å². The van der Waals surface area contributed by atoms with E-state index in [-0.39, 0.29) is 0 Å². The van der Waals surface area contributed by atoms with E-state index >= 15 is 0 Å². The van der Waals surface area contributed by atoms with Crippen LogP contribution in [0.3, 0.4) is 0 Å². The molecule has 0 amide bonds. The Morgan fingerprint density at radius 3 is 2.45 bits per heavy atom. The molecule has 2 heteroatoms. The first-order valence-corrected chi connectivity index (χ1v) is 8.39. The van der Waals surface area contributed by atoms with E-state index in [1.165, 1.54) is 51.7 Å². The summed E-state index contributed by atoms with van der Waals surface area (Å²) in [5, 5.41) is 3.69. The third-order valence-electron chi connectivity index (χ3n) is 5.13. The zero-order valence-corrected chi connectivity index (χ0v) is 12.8. The lowest BCUT2D eigenvalue weighted by Crippen LogP contribution is -2.40. The molecule has 20 heavy (non-hydrogen) atoms. The first-order valence-electron chi connectivity index (χ1n) is 8.39. The van der Waals surface area contributed by atoms with Crippen LogP contribution in [-0.4, -0.2) is 37.1 Å². The lowest BCUT2D eigenvalue weighted by atomic mass is 10.0. The fourth-order valence-electron chi connectivity index (χ4n) is 4.01. The topological polar surface area (TPSA) is 15.3 Å². The average Bonchev–Trinajstić information content (AvgIpc) is 2.79. The minimum absolute atomic E-state index is 0.769. The minimum atomic E-state index is 0.769. The molecule has 1 aromatic rings. The Balaban J connectivity index is 1.57. The quantitative estimate of drug-likeness (QED) is 0.906. The molecular formula is C18H28N2. The highest BCUT2D eigenvalue weighted by molar-refractivity contribution is 5.28. The Hall–Kier alpha value is -0.860. The van der Waals surface area contributed by atoms with Gasteiger partial charge in [-0.2, -0.15) is 0 Å². The van der Waals surface area contributed by atoms with Gasteiger partial charge in [0.15, 0.2) is 0 Å². The van der Waals surface area contributed by atoms with Crippen molar-refractivity contribution in [2.75, 3.05) is 26.2 Å². The molecule has 0 bridgehead atoms. The summed E-state index contributed by atoms with van der Waals surface area (Å²) >= 11 is 0. The predicted octanol–water partition coefficient (Wildman–Crippen LogP) is 2.87. The van der Waals surface area contributed by atoms with E-state index in [1.807, 2.05) is 0 Å². The van der Waals surface area contributed by atoms with Crippen LogP contribution in [-0.2, 0) is 12.8 Å². The van der Waals surface area contributed by atoms with Crippen LogP contribution in [0.5, 0.6) is 0 Å². The number of nitrogens with zero attached hydrogens (tertiary/aromatic N) is 1. The van der Waals surface area contributed by atoms with Crippen molar-refractivity contribution in [3.63, 3.8) is 0 Å². The van der Waals surface area contributed by atoms with E-state index in [1.54, 1.807) is 11.1 Å². The van der Waals surface area contributed by atoms with Gasteiger partial charge in [0.1, 0.15) is 0 Å². The van der Waals surface area contributed by atoms with Crippen molar-refractivity contribution in [1.82, 2.24) is 10.2 Å². The molecule has 1 aromatic carbocycles. The van der Waals surface area contributed by atoms with E-state index in [4.69, 9.17) is 0 Å². The smallest absolute Gasteiger partial charge is 0.0107 e. The SMILES string of the molecule is CCNC1CCCC1CN1CCc2ccccc2CC1. The molecule has 1 aliphatic heterocycles.